The fourth-order valence-corrected chi connectivity index (χ4v) is 1.13. The Bertz CT molecular complexity index is 280. The van der Waals surface area contributed by atoms with Crippen LogP contribution in [0.15, 0.2) is 12.5 Å². The zero-order chi connectivity index (χ0) is 7.90. The number of hydrogen-bond acceptors (Lipinski definition) is 4. The Kier molecular flexibility index (Phi) is 1.14. The van der Waals surface area contributed by atoms with Gasteiger partial charge in [0.1, 0.15) is 12.1 Å². The number of nitrogen functional groups attached to an aromatic ring is 1. The Hall–Kier alpha value is -1.16. The molecule has 0 spiro atoms. The van der Waals surface area contributed by atoms with Crippen LogP contribution in [0.4, 0.5) is 5.82 Å². The molecular formula is C7H10N4. The van der Waals surface area contributed by atoms with Crippen molar-refractivity contribution in [2.24, 2.45) is 5.73 Å². The topological polar surface area (TPSA) is 77.8 Å². The lowest BCUT2D eigenvalue weighted by molar-refractivity contribution is 0.732. The molecule has 0 amide bonds. The summed E-state index contributed by atoms with van der Waals surface area (Å²) in [4.78, 5) is 7.75. The van der Waals surface area contributed by atoms with E-state index in [-0.39, 0.29) is 5.54 Å². The third kappa shape index (κ3) is 0.952. The van der Waals surface area contributed by atoms with Crippen molar-refractivity contribution >= 4 is 5.82 Å². The van der Waals surface area contributed by atoms with Crippen molar-refractivity contribution < 1.29 is 0 Å². The summed E-state index contributed by atoms with van der Waals surface area (Å²) >= 11 is 0. The fourth-order valence-electron chi connectivity index (χ4n) is 1.13. The molecular weight excluding hydrogens is 140 g/mol. The summed E-state index contributed by atoms with van der Waals surface area (Å²) in [7, 11) is 0. The molecule has 4 heteroatoms. The fraction of sp³-hybridized carbons (Fsp3) is 0.429. The van der Waals surface area contributed by atoms with E-state index in [1.54, 1.807) is 6.20 Å². The van der Waals surface area contributed by atoms with Gasteiger partial charge in [0.25, 0.3) is 0 Å². The van der Waals surface area contributed by atoms with Crippen molar-refractivity contribution in [3.8, 4) is 0 Å². The number of anilines is 1. The molecule has 1 heterocycles. The Balaban J connectivity index is 2.45. The van der Waals surface area contributed by atoms with Crippen LogP contribution >= 0.6 is 0 Å². The van der Waals surface area contributed by atoms with Crippen LogP contribution in [0.2, 0.25) is 0 Å². The molecule has 1 aromatic rings. The van der Waals surface area contributed by atoms with E-state index in [0.717, 1.165) is 18.4 Å². The normalized spacial score (nSPS) is 19.7. The lowest BCUT2D eigenvalue weighted by atomic mass is 10.1. The molecule has 0 radical (unpaired) electrons. The van der Waals surface area contributed by atoms with Crippen molar-refractivity contribution in [2.75, 3.05) is 5.73 Å². The lowest BCUT2D eigenvalue weighted by Gasteiger charge is -2.08. The highest BCUT2D eigenvalue weighted by atomic mass is 14.9. The standard InChI is InChI=1S/C7H10N4/c8-6-5(3-10-4-11-6)7(9)1-2-7/h3-4H,1-2,9H2,(H2,8,10,11). The van der Waals surface area contributed by atoms with E-state index in [0.29, 0.717) is 5.82 Å². The van der Waals surface area contributed by atoms with Gasteiger partial charge in [0.15, 0.2) is 0 Å². The van der Waals surface area contributed by atoms with Gasteiger partial charge < -0.3 is 11.5 Å². The number of hydrogen-bond donors (Lipinski definition) is 2. The Labute approximate surface area is 64.6 Å². The van der Waals surface area contributed by atoms with Crippen LogP contribution in [0.1, 0.15) is 18.4 Å². The Morgan fingerprint density at radius 3 is 2.73 bits per heavy atom. The van der Waals surface area contributed by atoms with E-state index in [1.165, 1.54) is 6.33 Å². The summed E-state index contributed by atoms with van der Waals surface area (Å²) in [6.07, 6.45) is 5.12. The van der Waals surface area contributed by atoms with E-state index in [9.17, 15) is 0 Å². The molecule has 0 unspecified atom stereocenters. The largest absolute Gasteiger partial charge is 0.383 e. The third-order valence-electron chi connectivity index (χ3n) is 2.07. The number of nitrogens with two attached hydrogens (primary N) is 2. The minimum Gasteiger partial charge on any atom is -0.383 e. The summed E-state index contributed by atoms with van der Waals surface area (Å²) in [5, 5.41) is 0. The first-order valence-corrected chi connectivity index (χ1v) is 3.57. The van der Waals surface area contributed by atoms with Gasteiger partial charge in [0, 0.05) is 17.3 Å². The van der Waals surface area contributed by atoms with Gasteiger partial charge in [-0.15, -0.1) is 0 Å². The van der Waals surface area contributed by atoms with E-state index >= 15 is 0 Å². The van der Waals surface area contributed by atoms with Crippen LogP contribution in [-0.2, 0) is 5.54 Å². The molecule has 1 saturated carbocycles. The zero-order valence-corrected chi connectivity index (χ0v) is 6.12. The van der Waals surface area contributed by atoms with Crippen LogP contribution in [0.3, 0.4) is 0 Å². The molecule has 0 atom stereocenters. The second-order valence-electron chi connectivity index (χ2n) is 2.98. The molecule has 0 aliphatic heterocycles. The summed E-state index contributed by atoms with van der Waals surface area (Å²) in [6.45, 7) is 0. The predicted octanol–water partition coefficient (Wildman–Crippen LogP) is 0.00660. The third-order valence-corrected chi connectivity index (χ3v) is 2.07. The summed E-state index contributed by atoms with van der Waals surface area (Å²) in [5.74, 6) is 0.514. The zero-order valence-electron chi connectivity index (χ0n) is 6.12. The summed E-state index contributed by atoms with van der Waals surface area (Å²) in [6, 6.07) is 0. The SMILES string of the molecule is Nc1ncncc1C1(N)CC1. The second-order valence-corrected chi connectivity index (χ2v) is 2.98. The van der Waals surface area contributed by atoms with Gasteiger partial charge in [-0.05, 0) is 12.8 Å². The van der Waals surface area contributed by atoms with Gasteiger partial charge in [-0.2, -0.15) is 0 Å². The van der Waals surface area contributed by atoms with Crippen molar-refractivity contribution in [1.29, 1.82) is 0 Å². The molecule has 1 aliphatic carbocycles. The van der Waals surface area contributed by atoms with E-state index in [4.69, 9.17) is 11.5 Å². The van der Waals surface area contributed by atoms with Gasteiger partial charge in [0.05, 0.1) is 0 Å². The molecule has 4 N–H and O–H groups in total. The maximum Gasteiger partial charge on any atom is 0.131 e. The highest BCUT2D eigenvalue weighted by Crippen LogP contribution is 2.43. The molecule has 0 aromatic carbocycles. The van der Waals surface area contributed by atoms with Gasteiger partial charge in [-0.25, -0.2) is 9.97 Å². The molecule has 0 bridgehead atoms. The minimum atomic E-state index is -0.217. The van der Waals surface area contributed by atoms with Crippen LogP contribution in [0.25, 0.3) is 0 Å². The van der Waals surface area contributed by atoms with Gasteiger partial charge in [-0.1, -0.05) is 0 Å². The van der Waals surface area contributed by atoms with Crippen LogP contribution in [-0.4, -0.2) is 9.97 Å². The molecule has 1 aromatic heterocycles. The van der Waals surface area contributed by atoms with Crippen molar-refractivity contribution in [3.05, 3.63) is 18.1 Å². The maximum atomic E-state index is 5.91. The molecule has 1 aliphatic rings. The molecule has 2 rings (SSSR count). The van der Waals surface area contributed by atoms with Crippen LogP contribution in [0, 0.1) is 0 Å². The smallest absolute Gasteiger partial charge is 0.131 e. The number of nitrogens with zero attached hydrogens (tertiary/aromatic N) is 2. The van der Waals surface area contributed by atoms with Crippen molar-refractivity contribution in [2.45, 2.75) is 18.4 Å². The highest BCUT2D eigenvalue weighted by Gasteiger charge is 2.42. The summed E-state index contributed by atoms with van der Waals surface area (Å²) in [5.41, 5.74) is 12.2. The average Bonchev–Trinajstić information content (AvgIpc) is 2.70. The molecule has 0 saturated heterocycles. The molecule has 58 valence electrons. The monoisotopic (exact) mass is 150 g/mol. The van der Waals surface area contributed by atoms with E-state index in [2.05, 4.69) is 9.97 Å². The Morgan fingerprint density at radius 1 is 1.45 bits per heavy atom. The summed E-state index contributed by atoms with van der Waals surface area (Å²) < 4.78 is 0. The van der Waals surface area contributed by atoms with Crippen LogP contribution < -0.4 is 11.5 Å². The molecule has 4 nitrogen and oxygen atoms in total. The van der Waals surface area contributed by atoms with Crippen LogP contribution in [0.5, 0.6) is 0 Å². The maximum absolute atomic E-state index is 5.91. The first-order valence-electron chi connectivity index (χ1n) is 3.57. The second kappa shape index (κ2) is 1.92. The van der Waals surface area contributed by atoms with Crippen molar-refractivity contribution in [1.82, 2.24) is 9.97 Å². The quantitative estimate of drug-likeness (QED) is 0.591. The first-order chi connectivity index (χ1) is 5.22. The number of rotatable bonds is 1. The first kappa shape index (κ1) is 6.54. The van der Waals surface area contributed by atoms with Gasteiger partial charge in [0.2, 0.25) is 0 Å². The molecule has 1 fully saturated rings. The highest BCUT2D eigenvalue weighted by molar-refractivity contribution is 5.44. The molecule has 11 heavy (non-hydrogen) atoms. The minimum absolute atomic E-state index is 0.217. The van der Waals surface area contributed by atoms with Gasteiger partial charge in [-0.3, -0.25) is 0 Å². The van der Waals surface area contributed by atoms with Gasteiger partial charge >= 0.3 is 0 Å². The van der Waals surface area contributed by atoms with E-state index in [1.807, 2.05) is 0 Å². The van der Waals surface area contributed by atoms with Crippen molar-refractivity contribution in [3.63, 3.8) is 0 Å². The number of aromatic nitrogens is 2. The average molecular weight is 150 g/mol. The Morgan fingerprint density at radius 2 is 2.18 bits per heavy atom. The lowest BCUT2D eigenvalue weighted by Crippen LogP contribution is -2.21. The van der Waals surface area contributed by atoms with E-state index < -0.39 is 0 Å². The predicted molar refractivity (Wildman–Crippen MR) is 41.5 cm³/mol.